The Balaban J connectivity index is 3.02. The molecule has 1 aromatic rings. The maximum Gasteiger partial charge on any atom is 0.122 e. The molecule has 19 heavy (non-hydrogen) atoms. The molecule has 0 saturated heterocycles. The molecule has 0 aromatic heterocycles. The molecule has 0 aliphatic carbocycles. The third-order valence-electron chi connectivity index (χ3n) is 3.73. The maximum absolute atomic E-state index is 5.52. The second-order valence-electron chi connectivity index (χ2n) is 6.31. The monoisotopic (exact) mass is 263 g/mol. The predicted octanol–water partition coefficient (Wildman–Crippen LogP) is 3.78. The van der Waals surface area contributed by atoms with Crippen LogP contribution >= 0.6 is 0 Å². The average molecular weight is 263 g/mol. The van der Waals surface area contributed by atoms with Crippen molar-refractivity contribution in [2.75, 3.05) is 20.7 Å². The fourth-order valence-electron chi connectivity index (χ4n) is 2.37. The summed E-state index contributed by atoms with van der Waals surface area (Å²) in [6.45, 7) is 10.1. The first kappa shape index (κ1) is 16.0. The average Bonchev–Trinajstić information content (AvgIpc) is 2.37. The normalized spacial score (nSPS) is 13.4. The highest BCUT2D eigenvalue weighted by Crippen LogP contribution is 2.29. The first-order chi connectivity index (χ1) is 8.92. The van der Waals surface area contributed by atoms with Crippen molar-refractivity contribution >= 4 is 0 Å². The molecular weight excluding hydrogens is 234 g/mol. The third-order valence-corrected chi connectivity index (χ3v) is 3.73. The van der Waals surface area contributed by atoms with Gasteiger partial charge in [-0.1, -0.05) is 46.2 Å². The zero-order chi connectivity index (χ0) is 14.5. The van der Waals surface area contributed by atoms with Gasteiger partial charge in [-0.25, -0.2) is 0 Å². The van der Waals surface area contributed by atoms with Crippen LogP contribution < -0.4 is 10.1 Å². The van der Waals surface area contributed by atoms with E-state index in [2.05, 4.69) is 51.2 Å². The van der Waals surface area contributed by atoms with Crippen LogP contribution in [0.15, 0.2) is 18.2 Å². The first-order valence-electron chi connectivity index (χ1n) is 7.24. The van der Waals surface area contributed by atoms with E-state index in [1.54, 1.807) is 7.11 Å². The lowest BCUT2D eigenvalue weighted by Gasteiger charge is -2.22. The Bertz CT molecular complexity index is 393. The minimum absolute atomic E-state index is 0.186. The van der Waals surface area contributed by atoms with Gasteiger partial charge in [0.2, 0.25) is 0 Å². The Kier molecular flexibility index (Phi) is 5.86. The smallest absolute Gasteiger partial charge is 0.122 e. The Labute approximate surface area is 118 Å². The second-order valence-corrected chi connectivity index (χ2v) is 6.31. The van der Waals surface area contributed by atoms with Crippen LogP contribution in [-0.4, -0.2) is 20.7 Å². The molecular formula is C17H29NO. The van der Waals surface area contributed by atoms with Crippen LogP contribution in [0.5, 0.6) is 5.75 Å². The molecule has 1 unspecified atom stereocenters. The van der Waals surface area contributed by atoms with E-state index in [1.165, 1.54) is 17.5 Å². The summed E-state index contributed by atoms with van der Waals surface area (Å²) in [5.74, 6) is 1.68. The van der Waals surface area contributed by atoms with E-state index in [1.807, 2.05) is 7.05 Å². The zero-order valence-electron chi connectivity index (χ0n) is 13.3. The van der Waals surface area contributed by atoms with Crippen molar-refractivity contribution < 1.29 is 4.74 Å². The first-order valence-corrected chi connectivity index (χ1v) is 7.24. The van der Waals surface area contributed by atoms with Crippen molar-refractivity contribution in [2.24, 2.45) is 5.92 Å². The van der Waals surface area contributed by atoms with Crippen LogP contribution in [0.1, 0.15) is 45.2 Å². The largest absolute Gasteiger partial charge is 0.496 e. The standard InChI is InChI=1S/C17H29NO/c1-7-13(12-18-5)10-14-11-15(17(2,3)4)8-9-16(14)19-6/h8-9,11,13,18H,7,10,12H2,1-6H3. The molecule has 1 aromatic carbocycles. The molecule has 0 fully saturated rings. The quantitative estimate of drug-likeness (QED) is 0.843. The van der Waals surface area contributed by atoms with Crippen molar-refractivity contribution in [1.82, 2.24) is 5.32 Å². The third kappa shape index (κ3) is 4.54. The summed E-state index contributed by atoms with van der Waals surface area (Å²) >= 11 is 0. The molecule has 0 bridgehead atoms. The second kappa shape index (κ2) is 6.95. The van der Waals surface area contributed by atoms with Gasteiger partial charge in [-0.15, -0.1) is 0 Å². The molecule has 0 aliphatic heterocycles. The van der Waals surface area contributed by atoms with Crippen LogP contribution in [0, 0.1) is 5.92 Å². The van der Waals surface area contributed by atoms with E-state index >= 15 is 0 Å². The number of hydrogen-bond donors (Lipinski definition) is 1. The summed E-state index contributed by atoms with van der Waals surface area (Å²) in [5.41, 5.74) is 2.89. The zero-order valence-corrected chi connectivity index (χ0v) is 13.3. The molecule has 0 radical (unpaired) electrons. The van der Waals surface area contributed by atoms with Gasteiger partial charge in [-0.05, 0) is 48.5 Å². The van der Waals surface area contributed by atoms with Gasteiger partial charge in [-0.3, -0.25) is 0 Å². The molecule has 0 saturated carbocycles. The van der Waals surface area contributed by atoms with Crippen LogP contribution in [0.4, 0.5) is 0 Å². The van der Waals surface area contributed by atoms with E-state index in [-0.39, 0.29) is 5.41 Å². The van der Waals surface area contributed by atoms with Crippen LogP contribution in [0.2, 0.25) is 0 Å². The van der Waals surface area contributed by atoms with Crippen molar-refractivity contribution in [3.63, 3.8) is 0 Å². The maximum atomic E-state index is 5.52. The van der Waals surface area contributed by atoms with Gasteiger partial charge in [0.05, 0.1) is 7.11 Å². The number of hydrogen-bond acceptors (Lipinski definition) is 2. The van der Waals surface area contributed by atoms with Gasteiger partial charge in [0.15, 0.2) is 0 Å². The van der Waals surface area contributed by atoms with Crippen LogP contribution in [0.25, 0.3) is 0 Å². The lowest BCUT2D eigenvalue weighted by Crippen LogP contribution is -2.20. The Hall–Kier alpha value is -1.02. The number of methoxy groups -OCH3 is 1. The topological polar surface area (TPSA) is 21.3 Å². The lowest BCUT2D eigenvalue weighted by atomic mass is 9.84. The highest BCUT2D eigenvalue weighted by Gasteiger charge is 2.17. The van der Waals surface area contributed by atoms with Crippen molar-refractivity contribution in [2.45, 2.75) is 46.0 Å². The molecule has 108 valence electrons. The van der Waals surface area contributed by atoms with E-state index in [0.717, 1.165) is 18.7 Å². The highest BCUT2D eigenvalue weighted by molar-refractivity contribution is 5.40. The van der Waals surface area contributed by atoms with Gasteiger partial charge in [0.1, 0.15) is 5.75 Å². The lowest BCUT2D eigenvalue weighted by molar-refractivity contribution is 0.399. The van der Waals surface area contributed by atoms with E-state index in [0.29, 0.717) is 5.92 Å². The molecule has 0 spiro atoms. The SMILES string of the molecule is CCC(CNC)Cc1cc(C(C)(C)C)ccc1OC. The fourth-order valence-corrected chi connectivity index (χ4v) is 2.37. The fraction of sp³-hybridized carbons (Fsp3) is 0.647. The Morgan fingerprint density at radius 2 is 1.95 bits per heavy atom. The predicted molar refractivity (Wildman–Crippen MR) is 83.1 cm³/mol. The number of rotatable bonds is 6. The Morgan fingerprint density at radius 1 is 1.26 bits per heavy atom. The van der Waals surface area contributed by atoms with Crippen molar-refractivity contribution in [3.8, 4) is 5.75 Å². The van der Waals surface area contributed by atoms with Crippen LogP contribution in [-0.2, 0) is 11.8 Å². The summed E-state index contributed by atoms with van der Waals surface area (Å²) in [7, 11) is 3.78. The summed E-state index contributed by atoms with van der Waals surface area (Å²) in [6, 6.07) is 6.61. The minimum Gasteiger partial charge on any atom is -0.496 e. The Morgan fingerprint density at radius 3 is 2.42 bits per heavy atom. The summed E-state index contributed by atoms with van der Waals surface area (Å²) in [4.78, 5) is 0. The van der Waals surface area contributed by atoms with Gasteiger partial charge in [0, 0.05) is 0 Å². The van der Waals surface area contributed by atoms with Gasteiger partial charge in [0.25, 0.3) is 0 Å². The van der Waals surface area contributed by atoms with Gasteiger partial charge < -0.3 is 10.1 Å². The van der Waals surface area contributed by atoms with Gasteiger partial charge >= 0.3 is 0 Å². The number of ether oxygens (including phenoxy) is 1. The molecule has 1 rings (SSSR count). The van der Waals surface area contributed by atoms with Crippen molar-refractivity contribution in [1.29, 1.82) is 0 Å². The van der Waals surface area contributed by atoms with Gasteiger partial charge in [-0.2, -0.15) is 0 Å². The number of nitrogens with one attached hydrogen (secondary N) is 1. The van der Waals surface area contributed by atoms with E-state index in [4.69, 9.17) is 4.74 Å². The molecule has 0 heterocycles. The molecule has 1 atom stereocenters. The highest BCUT2D eigenvalue weighted by atomic mass is 16.5. The van der Waals surface area contributed by atoms with E-state index in [9.17, 15) is 0 Å². The molecule has 1 N–H and O–H groups in total. The minimum atomic E-state index is 0.186. The summed E-state index contributed by atoms with van der Waals surface area (Å²) in [6.07, 6.45) is 2.26. The van der Waals surface area contributed by atoms with Crippen LogP contribution in [0.3, 0.4) is 0 Å². The molecule has 2 heteroatoms. The summed E-state index contributed by atoms with van der Waals surface area (Å²) in [5, 5.41) is 3.28. The number of benzene rings is 1. The summed E-state index contributed by atoms with van der Waals surface area (Å²) < 4.78 is 5.52. The molecule has 0 amide bonds. The molecule has 2 nitrogen and oxygen atoms in total. The van der Waals surface area contributed by atoms with E-state index < -0.39 is 0 Å². The van der Waals surface area contributed by atoms with Crippen molar-refractivity contribution in [3.05, 3.63) is 29.3 Å². The molecule has 0 aliphatic rings.